The van der Waals surface area contributed by atoms with Gasteiger partial charge in [0.1, 0.15) is 5.75 Å². The molecule has 0 radical (unpaired) electrons. The summed E-state index contributed by atoms with van der Waals surface area (Å²) in [4.78, 5) is 0. The van der Waals surface area contributed by atoms with Crippen molar-refractivity contribution in [2.24, 2.45) is 0 Å². The summed E-state index contributed by atoms with van der Waals surface area (Å²) in [6.07, 6.45) is 0. The molecule has 116 valence electrons. The molecule has 0 N–H and O–H groups in total. The van der Waals surface area contributed by atoms with E-state index >= 15 is 0 Å². The van der Waals surface area contributed by atoms with Gasteiger partial charge in [0.05, 0.1) is 17.8 Å². The van der Waals surface area contributed by atoms with Crippen molar-refractivity contribution < 1.29 is 14.0 Å². The van der Waals surface area contributed by atoms with E-state index < -0.39 is 0 Å². The molecule has 1 aromatic rings. The molecule has 0 atom stereocenters. The molecule has 2 rings (SSSR count). The van der Waals surface area contributed by atoms with E-state index in [0.717, 1.165) is 11.2 Å². The van der Waals surface area contributed by atoms with Gasteiger partial charge in [0.2, 0.25) is 0 Å². The van der Waals surface area contributed by atoms with E-state index in [0.29, 0.717) is 12.5 Å². The van der Waals surface area contributed by atoms with E-state index in [-0.39, 0.29) is 18.3 Å². The van der Waals surface area contributed by atoms with Crippen LogP contribution in [0.5, 0.6) is 5.75 Å². The minimum absolute atomic E-state index is 0.335. The summed E-state index contributed by atoms with van der Waals surface area (Å²) in [5.41, 5.74) is 1.56. The zero-order valence-corrected chi connectivity index (χ0v) is 14.3. The van der Waals surface area contributed by atoms with Gasteiger partial charge in [0.15, 0.2) is 0 Å². The highest BCUT2D eigenvalue weighted by Crippen LogP contribution is 2.37. The van der Waals surface area contributed by atoms with Gasteiger partial charge in [-0.1, -0.05) is 26.0 Å². The molecule has 0 spiro atoms. The molecule has 21 heavy (non-hydrogen) atoms. The Labute approximate surface area is 129 Å². The van der Waals surface area contributed by atoms with Gasteiger partial charge in [-0.2, -0.15) is 0 Å². The molecule has 0 aromatic heterocycles. The Morgan fingerprint density at radius 1 is 1.10 bits per heavy atom. The third-order valence-corrected chi connectivity index (χ3v) is 4.51. The molecule has 1 heterocycles. The van der Waals surface area contributed by atoms with Gasteiger partial charge < -0.3 is 14.0 Å². The van der Waals surface area contributed by atoms with Crippen LogP contribution in [0.2, 0.25) is 0 Å². The highest BCUT2D eigenvalue weighted by Gasteiger charge is 2.52. The van der Waals surface area contributed by atoms with Crippen molar-refractivity contribution >= 4 is 12.6 Å². The van der Waals surface area contributed by atoms with Crippen LogP contribution in [0, 0.1) is 0 Å². The average Bonchev–Trinajstić information content (AvgIpc) is 2.58. The number of hydrogen-bond donors (Lipinski definition) is 0. The second-order valence-corrected chi connectivity index (χ2v) is 6.97. The van der Waals surface area contributed by atoms with Gasteiger partial charge in [0.25, 0.3) is 0 Å². The maximum Gasteiger partial charge on any atom is 0.498 e. The normalized spacial score (nSPS) is 20.1. The standard InChI is InChI=1S/C17H27BO3/c1-8-19-15-11-13(12(2)3)9-10-14(15)18-20-16(4,5)17(6,7)21-18/h9-12H,8H2,1-7H3. The van der Waals surface area contributed by atoms with Crippen molar-refractivity contribution in [3.05, 3.63) is 23.8 Å². The highest BCUT2D eigenvalue weighted by atomic mass is 16.7. The molecule has 1 aromatic carbocycles. The van der Waals surface area contributed by atoms with Gasteiger partial charge >= 0.3 is 7.12 Å². The number of ether oxygens (including phenoxy) is 1. The minimum atomic E-state index is -0.377. The Balaban J connectivity index is 2.36. The van der Waals surface area contributed by atoms with Crippen LogP contribution in [-0.4, -0.2) is 24.9 Å². The highest BCUT2D eigenvalue weighted by molar-refractivity contribution is 6.63. The largest absolute Gasteiger partial charge is 0.498 e. The van der Waals surface area contributed by atoms with Crippen molar-refractivity contribution in [3.8, 4) is 5.75 Å². The molecule has 3 nitrogen and oxygen atoms in total. The molecule has 1 aliphatic heterocycles. The minimum Gasteiger partial charge on any atom is -0.494 e. The first-order valence-corrected chi connectivity index (χ1v) is 7.80. The Hall–Kier alpha value is -0.995. The Morgan fingerprint density at radius 3 is 2.14 bits per heavy atom. The Kier molecular flexibility index (Phi) is 4.41. The Bertz CT molecular complexity index is 493. The summed E-state index contributed by atoms with van der Waals surface area (Å²) in [5, 5.41) is 0. The van der Waals surface area contributed by atoms with Gasteiger partial charge in [-0.15, -0.1) is 0 Å². The molecule has 1 fully saturated rings. The van der Waals surface area contributed by atoms with Crippen LogP contribution in [0.3, 0.4) is 0 Å². The van der Waals surface area contributed by atoms with Crippen LogP contribution >= 0.6 is 0 Å². The van der Waals surface area contributed by atoms with E-state index in [2.05, 4.69) is 59.7 Å². The zero-order valence-electron chi connectivity index (χ0n) is 14.3. The summed E-state index contributed by atoms with van der Waals surface area (Å²) < 4.78 is 18.1. The average molecular weight is 290 g/mol. The second-order valence-electron chi connectivity index (χ2n) is 6.97. The fourth-order valence-electron chi connectivity index (χ4n) is 2.36. The van der Waals surface area contributed by atoms with E-state index in [9.17, 15) is 0 Å². The van der Waals surface area contributed by atoms with Crippen molar-refractivity contribution in [3.63, 3.8) is 0 Å². The van der Waals surface area contributed by atoms with Gasteiger partial charge in [0, 0.05) is 5.46 Å². The number of rotatable bonds is 4. The van der Waals surface area contributed by atoms with Crippen LogP contribution in [0.1, 0.15) is 59.9 Å². The predicted octanol–water partition coefficient (Wildman–Crippen LogP) is 3.51. The summed E-state index contributed by atoms with van der Waals surface area (Å²) >= 11 is 0. The van der Waals surface area contributed by atoms with Gasteiger partial charge in [-0.05, 0) is 52.2 Å². The zero-order chi connectivity index (χ0) is 15.8. The lowest BCUT2D eigenvalue weighted by Crippen LogP contribution is -2.41. The van der Waals surface area contributed by atoms with Crippen molar-refractivity contribution in [1.82, 2.24) is 0 Å². The summed E-state index contributed by atoms with van der Waals surface area (Å²) in [6.45, 7) is 15.3. The summed E-state index contributed by atoms with van der Waals surface area (Å²) in [7, 11) is -0.377. The molecular weight excluding hydrogens is 263 g/mol. The van der Waals surface area contributed by atoms with E-state index in [1.165, 1.54) is 5.56 Å². The first-order valence-electron chi connectivity index (χ1n) is 7.80. The molecule has 1 aliphatic rings. The fraction of sp³-hybridized carbons (Fsp3) is 0.647. The molecular formula is C17H27BO3. The van der Waals surface area contributed by atoms with Gasteiger partial charge in [-0.25, -0.2) is 0 Å². The Morgan fingerprint density at radius 2 is 1.67 bits per heavy atom. The molecule has 0 bridgehead atoms. The van der Waals surface area contributed by atoms with E-state index in [1.54, 1.807) is 0 Å². The molecule has 0 aliphatic carbocycles. The van der Waals surface area contributed by atoms with E-state index in [1.807, 2.05) is 6.92 Å². The smallest absolute Gasteiger partial charge is 0.494 e. The molecule has 0 saturated carbocycles. The fourth-order valence-corrected chi connectivity index (χ4v) is 2.36. The van der Waals surface area contributed by atoms with Crippen LogP contribution in [0.15, 0.2) is 18.2 Å². The topological polar surface area (TPSA) is 27.7 Å². The van der Waals surface area contributed by atoms with Crippen LogP contribution < -0.4 is 10.2 Å². The quantitative estimate of drug-likeness (QED) is 0.794. The SMILES string of the molecule is CCOc1cc(C(C)C)ccc1B1OC(C)(C)C(C)(C)O1. The van der Waals surface area contributed by atoms with Crippen LogP contribution in [0.25, 0.3) is 0 Å². The number of benzene rings is 1. The lowest BCUT2D eigenvalue weighted by molar-refractivity contribution is 0.00578. The monoisotopic (exact) mass is 290 g/mol. The molecule has 4 heteroatoms. The molecule has 0 unspecified atom stereocenters. The third kappa shape index (κ3) is 3.11. The van der Waals surface area contributed by atoms with Crippen molar-refractivity contribution in [1.29, 1.82) is 0 Å². The third-order valence-electron chi connectivity index (χ3n) is 4.51. The second kappa shape index (κ2) is 5.66. The maximum atomic E-state index is 6.14. The summed E-state index contributed by atoms with van der Waals surface area (Å²) in [5.74, 6) is 1.33. The number of hydrogen-bond acceptors (Lipinski definition) is 3. The molecule has 0 amide bonds. The first-order chi connectivity index (χ1) is 9.68. The molecule has 1 saturated heterocycles. The maximum absolute atomic E-state index is 6.14. The van der Waals surface area contributed by atoms with Crippen LogP contribution in [-0.2, 0) is 9.31 Å². The predicted molar refractivity (Wildman–Crippen MR) is 87.4 cm³/mol. The lowest BCUT2D eigenvalue weighted by atomic mass is 9.77. The lowest BCUT2D eigenvalue weighted by Gasteiger charge is -2.32. The first kappa shape index (κ1) is 16.4. The van der Waals surface area contributed by atoms with Gasteiger partial charge in [-0.3, -0.25) is 0 Å². The van der Waals surface area contributed by atoms with Crippen molar-refractivity contribution in [2.45, 2.75) is 65.6 Å². The van der Waals surface area contributed by atoms with Crippen LogP contribution in [0.4, 0.5) is 0 Å². The van der Waals surface area contributed by atoms with Crippen molar-refractivity contribution in [2.75, 3.05) is 6.61 Å². The summed E-state index contributed by atoms with van der Waals surface area (Å²) in [6, 6.07) is 6.31. The van der Waals surface area contributed by atoms with E-state index in [4.69, 9.17) is 14.0 Å².